The number of aryl methyl sites for hydroxylation is 1. The van der Waals surface area contributed by atoms with E-state index >= 15 is 0 Å². The number of carbonyl (C=O) groups excluding carboxylic acids is 2. The molecule has 7 nitrogen and oxygen atoms in total. The molecule has 0 aromatic heterocycles. The van der Waals surface area contributed by atoms with Crippen molar-refractivity contribution in [3.05, 3.63) is 82.9 Å². The lowest BCUT2D eigenvalue weighted by atomic mass is 9.98. The van der Waals surface area contributed by atoms with E-state index in [9.17, 15) is 18.9 Å². The molecule has 0 aliphatic rings. The van der Waals surface area contributed by atoms with Crippen LogP contribution in [-0.4, -0.2) is 40.0 Å². The first-order chi connectivity index (χ1) is 18.5. The van der Waals surface area contributed by atoms with Gasteiger partial charge in [0.05, 0.1) is 18.3 Å². The third-order valence-electron chi connectivity index (χ3n) is 5.74. The highest BCUT2D eigenvalue weighted by Gasteiger charge is 2.18. The van der Waals surface area contributed by atoms with Crippen molar-refractivity contribution in [3.8, 4) is 17.2 Å². The number of phenols is 1. The summed E-state index contributed by atoms with van der Waals surface area (Å²) in [5, 5.41) is 10.5. The minimum Gasteiger partial charge on any atom is -0.507 e. The molecule has 3 aromatic rings. The largest absolute Gasteiger partial charge is 0.507 e. The fourth-order valence-electron chi connectivity index (χ4n) is 3.77. The van der Waals surface area contributed by atoms with Gasteiger partial charge >= 0.3 is 5.97 Å². The monoisotopic (exact) mass is 552 g/mol. The van der Waals surface area contributed by atoms with Crippen LogP contribution in [0.15, 0.2) is 65.6 Å². The number of rotatable bonds is 13. The number of ether oxygens (including phenoxy) is 3. The van der Waals surface area contributed by atoms with Gasteiger partial charge in [-0.25, -0.2) is 0 Å². The third kappa shape index (κ3) is 8.96. The molecule has 208 valence electrons. The van der Waals surface area contributed by atoms with Crippen LogP contribution in [0, 0.1) is 5.92 Å². The average Bonchev–Trinajstić information content (AvgIpc) is 2.89. The maximum atomic E-state index is 13.3. The van der Waals surface area contributed by atoms with Crippen molar-refractivity contribution >= 4 is 22.6 Å². The summed E-state index contributed by atoms with van der Waals surface area (Å²) < 4.78 is 28.6. The van der Waals surface area contributed by atoms with Crippen LogP contribution >= 0.6 is 0 Å². The fourth-order valence-corrected chi connectivity index (χ4v) is 4.28. The van der Waals surface area contributed by atoms with E-state index in [-0.39, 0.29) is 42.2 Å². The van der Waals surface area contributed by atoms with E-state index in [2.05, 4.69) is 0 Å². The molecule has 0 saturated heterocycles. The van der Waals surface area contributed by atoms with Crippen LogP contribution in [-0.2, 0) is 33.4 Å². The lowest BCUT2D eigenvalue weighted by Crippen LogP contribution is -2.12. The highest BCUT2D eigenvalue weighted by molar-refractivity contribution is 7.84. The molecule has 0 spiro atoms. The molecule has 1 atom stereocenters. The van der Waals surface area contributed by atoms with Crippen LogP contribution in [0.4, 0.5) is 0 Å². The second-order valence-electron chi connectivity index (χ2n) is 9.96. The van der Waals surface area contributed by atoms with Crippen LogP contribution in [0.2, 0.25) is 0 Å². The summed E-state index contributed by atoms with van der Waals surface area (Å²) in [4.78, 5) is 26.2. The molecule has 0 aliphatic carbocycles. The predicted octanol–water partition coefficient (Wildman–Crippen LogP) is 5.86. The second kappa shape index (κ2) is 13.9. The van der Waals surface area contributed by atoms with E-state index < -0.39 is 10.8 Å². The molecule has 39 heavy (non-hydrogen) atoms. The lowest BCUT2D eigenvalue weighted by molar-refractivity contribution is -0.147. The predicted molar refractivity (Wildman–Crippen MR) is 151 cm³/mol. The maximum Gasteiger partial charge on any atom is 0.306 e. The minimum absolute atomic E-state index is 0.121. The topological polar surface area (TPSA) is 99.1 Å². The zero-order chi connectivity index (χ0) is 28.5. The molecule has 8 heteroatoms. The average molecular weight is 553 g/mol. The second-order valence-corrected chi connectivity index (χ2v) is 11.3. The molecule has 0 heterocycles. The van der Waals surface area contributed by atoms with E-state index in [1.165, 1.54) is 6.07 Å². The highest BCUT2D eigenvalue weighted by atomic mass is 32.2. The first-order valence-electron chi connectivity index (χ1n) is 12.9. The number of esters is 1. The fraction of sp³-hybridized carbons (Fsp3) is 0.355. The van der Waals surface area contributed by atoms with Crippen molar-refractivity contribution in [3.63, 3.8) is 0 Å². The van der Waals surface area contributed by atoms with Gasteiger partial charge in [0.15, 0.2) is 5.78 Å². The lowest BCUT2D eigenvalue weighted by Gasteiger charge is -2.15. The van der Waals surface area contributed by atoms with Crippen LogP contribution in [0.3, 0.4) is 0 Å². The molecule has 1 N–H and O–H groups in total. The Morgan fingerprint density at radius 1 is 0.923 bits per heavy atom. The van der Waals surface area contributed by atoms with Gasteiger partial charge in [-0.05, 0) is 79.8 Å². The van der Waals surface area contributed by atoms with Crippen molar-refractivity contribution in [2.24, 2.45) is 5.92 Å². The van der Waals surface area contributed by atoms with E-state index in [0.717, 1.165) is 10.5 Å². The van der Waals surface area contributed by atoms with Crippen molar-refractivity contribution in [1.29, 1.82) is 0 Å². The Bertz CT molecular complexity index is 1310. The number of ketones is 1. The van der Waals surface area contributed by atoms with Crippen LogP contribution in [0.5, 0.6) is 17.2 Å². The molecule has 1 unspecified atom stereocenters. The van der Waals surface area contributed by atoms with Gasteiger partial charge in [-0.2, -0.15) is 0 Å². The Hall–Kier alpha value is -3.65. The third-order valence-corrected chi connectivity index (χ3v) is 6.67. The van der Waals surface area contributed by atoms with Gasteiger partial charge in [-0.15, -0.1) is 0 Å². The molecule has 0 radical (unpaired) electrons. The SMILES string of the molecule is CC(C)COc1ccc(C(=O)c2ccc(OCc3ccc(S(C)=O)cc3)c(CCC(=O)OC(C)C)c2)c(O)c1. The summed E-state index contributed by atoms with van der Waals surface area (Å²) in [6, 6.07) is 17.0. The molecule has 3 aromatic carbocycles. The summed E-state index contributed by atoms with van der Waals surface area (Å²) in [6.45, 7) is 8.38. The van der Waals surface area contributed by atoms with Gasteiger partial charge in [0, 0.05) is 40.0 Å². The first kappa shape index (κ1) is 29.9. The van der Waals surface area contributed by atoms with Gasteiger partial charge in [0.1, 0.15) is 23.9 Å². The molecule has 0 saturated carbocycles. The Balaban J connectivity index is 1.82. The van der Waals surface area contributed by atoms with Gasteiger partial charge in [0.25, 0.3) is 0 Å². The molecular formula is C31H36O7S. The van der Waals surface area contributed by atoms with Gasteiger partial charge in [-0.3, -0.25) is 13.8 Å². The van der Waals surface area contributed by atoms with Crippen LogP contribution < -0.4 is 9.47 Å². The summed E-state index contributed by atoms with van der Waals surface area (Å²) in [6.07, 6.45) is 1.83. The molecule has 0 aliphatic heterocycles. The minimum atomic E-state index is -1.06. The number of aromatic hydroxyl groups is 1. The summed E-state index contributed by atoms with van der Waals surface area (Å²) >= 11 is 0. The summed E-state index contributed by atoms with van der Waals surface area (Å²) in [5.41, 5.74) is 2.07. The molecule has 0 bridgehead atoms. The Labute approximate surface area is 232 Å². The van der Waals surface area contributed by atoms with E-state index in [1.54, 1.807) is 62.6 Å². The van der Waals surface area contributed by atoms with Crippen molar-refractivity contribution < 1.29 is 33.1 Å². The van der Waals surface area contributed by atoms with Gasteiger partial charge in [-0.1, -0.05) is 26.0 Å². The summed E-state index contributed by atoms with van der Waals surface area (Å²) in [7, 11) is -1.06. The number of benzene rings is 3. The smallest absolute Gasteiger partial charge is 0.306 e. The normalized spacial score (nSPS) is 11.9. The van der Waals surface area contributed by atoms with Crippen LogP contribution in [0.1, 0.15) is 61.2 Å². The molecule has 0 amide bonds. The van der Waals surface area contributed by atoms with Crippen molar-refractivity contribution in [2.45, 2.75) is 58.1 Å². The van der Waals surface area contributed by atoms with Gasteiger partial charge in [0.2, 0.25) is 0 Å². The molecule has 0 fully saturated rings. The number of phenolic OH excluding ortho intramolecular Hbond substituents is 1. The Kier molecular flexibility index (Phi) is 10.7. The van der Waals surface area contributed by atoms with Crippen molar-refractivity contribution in [2.75, 3.05) is 12.9 Å². The summed E-state index contributed by atoms with van der Waals surface area (Å²) in [5.74, 6) is 0.485. The Morgan fingerprint density at radius 2 is 1.64 bits per heavy atom. The van der Waals surface area contributed by atoms with Crippen molar-refractivity contribution in [1.82, 2.24) is 0 Å². The zero-order valence-electron chi connectivity index (χ0n) is 23.1. The number of carbonyl (C=O) groups is 2. The quantitative estimate of drug-likeness (QED) is 0.209. The van der Waals surface area contributed by atoms with Gasteiger partial charge < -0.3 is 19.3 Å². The molecular weight excluding hydrogens is 516 g/mol. The number of hydrogen-bond acceptors (Lipinski definition) is 7. The van der Waals surface area contributed by atoms with E-state index in [1.807, 2.05) is 26.0 Å². The first-order valence-corrected chi connectivity index (χ1v) is 14.5. The van der Waals surface area contributed by atoms with E-state index in [0.29, 0.717) is 41.6 Å². The Morgan fingerprint density at radius 3 is 2.26 bits per heavy atom. The standard InChI is InChI=1S/C31H36O7S/c1-20(2)18-36-25-10-13-27(28(32)17-25)31(34)24-8-14-29(23(16-24)9-15-30(33)38-21(3)4)37-19-22-6-11-26(12-7-22)39(5)35/h6-8,10-14,16-17,20-21,32H,9,15,18-19H2,1-5H3. The zero-order valence-corrected chi connectivity index (χ0v) is 23.9. The molecule has 3 rings (SSSR count). The van der Waals surface area contributed by atoms with E-state index in [4.69, 9.17) is 14.2 Å². The van der Waals surface area contributed by atoms with Crippen LogP contribution in [0.25, 0.3) is 0 Å². The number of hydrogen-bond donors (Lipinski definition) is 1. The maximum absolute atomic E-state index is 13.3. The highest BCUT2D eigenvalue weighted by Crippen LogP contribution is 2.29.